The first kappa shape index (κ1) is 8.63. The van der Waals surface area contributed by atoms with E-state index in [1.807, 2.05) is 0 Å². The Kier molecular flexibility index (Phi) is 2.73. The Hall–Kier alpha value is -1.46. The van der Waals surface area contributed by atoms with Crippen molar-refractivity contribution in [1.29, 1.82) is 0 Å². The number of halogens is 1. The van der Waals surface area contributed by atoms with Crippen LogP contribution < -0.4 is 0 Å². The molecule has 12 heavy (non-hydrogen) atoms. The molecule has 1 N–H and O–H groups in total. The fourth-order valence-electron chi connectivity index (χ4n) is 0.759. The molecular formula is C9H5ClO2. The lowest BCUT2D eigenvalue weighted by Crippen LogP contribution is -1.74. The number of phenolic OH excluding ortho intramolecular Hbond substituents is 1. The predicted molar refractivity (Wildman–Crippen MR) is 46.1 cm³/mol. The maximum Gasteiger partial charge on any atom is 0.193 e. The molecule has 0 radical (unpaired) electrons. The van der Waals surface area contributed by atoms with Crippen molar-refractivity contribution in [1.82, 2.24) is 0 Å². The molecule has 0 aliphatic carbocycles. The fraction of sp³-hybridized carbons (Fsp3) is 0. The van der Waals surface area contributed by atoms with E-state index in [1.165, 1.54) is 12.1 Å². The SMILES string of the molecule is O=CC#Cc1cc(O)cc(Cl)c1. The van der Waals surface area contributed by atoms with Gasteiger partial charge < -0.3 is 5.11 Å². The Balaban J connectivity index is 3.08. The van der Waals surface area contributed by atoms with Crippen LogP contribution in [0.25, 0.3) is 0 Å². The zero-order valence-corrected chi connectivity index (χ0v) is 6.80. The molecule has 60 valence electrons. The van der Waals surface area contributed by atoms with E-state index in [0.717, 1.165) is 0 Å². The standard InChI is InChI=1S/C9H5ClO2/c10-8-4-7(2-1-3-11)5-9(12)6-8/h3-6,12H. The molecule has 0 atom stereocenters. The van der Waals surface area contributed by atoms with Crippen LogP contribution >= 0.6 is 11.6 Å². The normalized spacial score (nSPS) is 8.42. The largest absolute Gasteiger partial charge is 0.508 e. The second kappa shape index (κ2) is 3.80. The van der Waals surface area contributed by atoms with Crippen molar-refractivity contribution in [3.8, 4) is 17.6 Å². The van der Waals surface area contributed by atoms with Crippen molar-refractivity contribution in [3.63, 3.8) is 0 Å². The summed E-state index contributed by atoms with van der Waals surface area (Å²) in [7, 11) is 0. The average molecular weight is 181 g/mol. The number of carbonyl (C=O) groups is 1. The number of benzene rings is 1. The van der Waals surface area contributed by atoms with Crippen LogP contribution in [0.1, 0.15) is 5.56 Å². The van der Waals surface area contributed by atoms with Crippen LogP contribution in [-0.2, 0) is 4.79 Å². The molecular weight excluding hydrogens is 176 g/mol. The summed E-state index contributed by atoms with van der Waals surface area (Å²) in [4.78, 5) is 9.88. The Labute approximate surface area is 74.8 Å². The van der Waals surface area contributed by atoms with Crippen LogP contribution in [0.2, 0.25) is 5.02 Å². The van der Waals surface area contributed by atoms with E-state index in [4.69, 9.17) is 16.7 Å². The van der Waals surface area contributed by atoms with E-state index in [2.05, 4.69) is 11.8 Å². The van der Waals surface area contributed by atoms with Gasteiger partial charge in [0.25, 0.3) is 0 Å². The third-order valence-electron chi connectivity index (χ3n) is 1.16. The summed E-state index contributed by atoms with van der Waals surface area (Å²) < 4.78 is 0. The first-order valence-corrected chi connectivity index (χ1v) is 3.55. The molecule has 1 rings (SSSR count). The van der Waals surface area contributed by atoms with E-state index in [-0.39, 0.29) is 5.75 Å². The molecule has 0 unspecified atom stereocenters. The van der Waals surface area contributed by atoms with Gasteiger partial charge in [-0.15, -0.1) is 0 Å². The van der Waals surface area contributed by atoms with Crippen LogP contribution in [0.3, 0.4) is 0 Å². The number of aromatic hydroxyl groups is 1. The maximum absolute atomic E-state index is 9.88. The second-order valence-electron chi connectivity index (χ2n) is 2.09. The molecule has 0 aromatic heterocycles. The molecule has 0 spiro atoms. The molecule has 0 aliphatic heterocycles. The van der Waals surface area contributed by atoms with Crippen molar-refractivity contribution in [3.05, 3.63) is 28.8 Å². The quantitative estimate of drug-likeness (QED) is 0.486. The van der Waals surface area contributed by atoms with Crippen molar-refractivity contribution in [2.24, 2.45) is 0 Å². The minimum absolute atomic E-state index is 0.0395. The second-order valence-corrected chi connectivity index (χ2v) is 2.52. The highest BCUT2D eigenvalue weighted by Gasteiger charge is 1.94. The Bertz CT molecular complexity index is 340. The lowest BCUT2D eigenvalue weighted by atomic mass is 10.2. The molecule has 0 bridgehead atoms. The lowest BCUT2D eigenvalue weighted by Gasteiger charge is -1.94. The van der Waals surface area contributed by atoms with Crippen LogP contribution in [0.4, 0.5) is 0 Å². The zero-order chi connectivity index (χ0) is 8.97. The van der Waals surface area contributed by atoms with E-state index in [9.17, 15) is 4.79 Å². The first-order chi connectivity index (χ1) is 5.72. The van der Waals surface area contributed by atoms with Crippen LogP contribution in [0.5, 0.6) is 5.75 Å². The molecule has 3 heteroatoms. The number of hydrogen-bond acceptors (Lipinski definition) is 2. The van der Waals surface area contributed by atoms with Crippen molar-refractivity contribution < 1.29 is 9.90 Å². The molecule has 0 aliphatic rings. The van der Waals surface area contributed by atoms with Gasteiger partial charge in [-0.05, 0) is 24.1 Å². The highest BCUT2D eigenvalue weighted by molar-refractivity contribution is 6.30. The molecule has 0 amide bonds. The van der Waals surface area contributed by atoms with Gasteiger partial charge in [-0.1, -0.05) is 17.5 Å². The first-order valence-electron chi connectivity index (χ1n) is 3.17. The highest BCUT2D eigenvalue weighted by atomic mass is 35.5. The van der Waals surface area contributed by atoms with Gasteiger partial charge in [0, 0.05) is 10.6 Å². The van der Waals surface area contributed by atoms with Gasteiger partial charge in [-0.25, -0.2) is 0 Å². The van der Waals surface area contributed by atoms with Crippen LogP contribution in [0, 0.1) is 11.8 Å². The van der Waals surface area contributed by atoms with Gasteiger partial charge in [0.15, 0.2) is 6.29 Å². The van der Waals surface area contributed by atoms with Gasteiger partial charge in [0.05, 0.1) is 0 Å². The van der Waals surface area contributed by atoms with Gasteiger partial charge in [0.2, 0.25) is 0 Å². The smallest absolute Gasteiger partial charge is 0.193 e. The summed E-state index contributed by atoms with van der Waals surface area (Å²) in [6.07, 6.45) is 0.484. The molecule has 0 saturated carbocycles. The molecule has 1 aromatic carbocycles. The van der Waals surface area contributed by atoms with Crippen molar-refractivity contribution in [2.75, 3.05) is 0 Å². The lowest BCUT2D eigenvalue weighted by molar-refractivity contribution is -0.103. The number of hydrogen-bond donors (Lipinski definition) is 1. The van der Waals surface area contributed by atoms with E-state index in [1.54, 1.807) is 6.07 Å². The van der Waals surface area contributed by atoms with E-state index < -0.39 is 0 Å². The minimum atomic E-state index is 0.0395. The number of aldehydes is 1. The number of phenols is 1. The topological polar surface area (TPSA) is 37.3 Å². The minimum Gasteiger partial charge on any atom is -0.508 e. The Morgan fingerprint density at radius 1 is 1.42 bits per heavy atom. The maximum atomic E-state index is 9.88. The van der Waals surface area contributed by atoms with Crippen LogP contribution in [-0.4, -0.2) is 11.4 Å². The summed E-state index contributed by atoms with van der Waals surface area (Å²) >= 11 is 5.61. The van der Waals surface area contributed by atoms with Gasteiger partial charge >= 0.3 is 0 Å². The average Bonchev–Trinajstić information content (AvgIpc) is 1.99. The summed E-state index contributed by atoms with van der Waals surface area (Å²) in [5.41, 5.74) is 0.520. The Morgan fingerprint density at radius 2 is 2.17 bits per heavy atom. The number of rotatable bonds is 0. The predicted octanol–water partition coefficient (Wildman–Crippen LogP) is 1.60. The fourth-order valence-corrected chi connectivity index (χ4v) is 0.988. The highest BCUT2D eigenvalue weighted by Crippen LogP contribution is 2.18. The monoisotopic (exact) mass is 180 g/mol. The van der Waals surface area contributed by atoms with Gasteiger partial charge in [-0.3, -0.25) is 4.79 Å². The van der Waals surface area contributed by atoms with Crippen LogP contribution in [0.15, 0.2) is 18.2 Å². The van der Waals surface area contributed by atoms with E-state index in [0.29, 0.717) is 16.9 Å². The van der Waals surface area contributed by atoms with Gasteiger partial charge in [0.1, 0.15) is 5.75 Å². The van der Waals surface area contributed by atoms with Crippen molar-refractivity contribution >= 4 is 17.9 Å². The summed E-state index contributed by atoms with van der Waals surface area (Å²) in [6, 6.07) is 4.40. The molecule has 1 aromatic rings. The molecule has 2 nitrogen and oxygen atoms in total. The third-order valence-corrected chi connectivity index (χ3v) is 1.38. The summed E-state index contributed by atoms with van der Waals surface area (Å²) in [5.74, 6) is 4.77. The number of carbonyl (C=O) groups excluding carboxylic acids is 1. The summed E-state index contributed by atoms with van der Waals surface area (Å²) in [6.45, 7) is 0. The Morgan fingerprint density at radius 3 is 2.75 bits per heavy atom. The molecule has 0 heterocycles. The zero-order valence-electron chi connectivity index (χ0n) is 6.04. The van der Waals surface area contributed by atoms with Gasteiger partial charge in [-0.2, -0.15) is 0 Å². The van der Waals surface area contributed by atoms with E-state index >= 15 is 0 Å². The summed E-state index contributed by atoms with van der Waals surface area (Å²) in [5, 5.41) is 9.45. The molecule has 0 fully saturated rings. The molecule has 0 saturated heterocycles. The third kappa shape index (κ3) is 2.30. The van der Waals surface area contributed by atoms with Crippen molar-refractivity contribution in [2.45, 2.75) is 0 Å².